The van der Waals surface area contributed by atoms with Gasteiger partial charge in [-0.2, -0.15) is 4.98 Å². The van der Waals surface area contributed by atoms with Crippen molar-refractivity contribution in [1.29, 1.82) is 0 Å². The number of nitrogens with one attached hydrogen (secondary N) is 1. The van der Waals surface area contributed by atoms with Gasteiger partial charge in [0.2, 0.25) is 5.89 Å². The predicted octanol–water partition coefficient (Wildman–Crippen LogP) is 3.58. The molecule has 2 aromatic rings. The Morgan fingerprint density at radius 2 is 2.08 bits per heavy atom. The topological polar surface area (TPSA) is 60.2 Å². The van der Waals surface area contributed by atoms with E-state index in [0.717, 1.165) is 42.4 Å². The SMILES string of the molecule is COc1ccccc1C(C)(C)c1noc([C@@]23CCCC[C@@H]2NCC3)n1. The van der Waals surface area contributed by atoms with E-state index in [4.69, 9.17) is 14.2 Å². The lowest BCUT2D eigenvalue weighted by molar-refractivity contribution is 0.199. The summed E-state index contributed by atoms with van der Waals surface area (Å²) < 4.78 is 11.4. The van der Waals surface area contributed by atoms with E-state index in [1.165, 1.54) is 19.3 Å². The second-order valence-corrected chi connectivity index (χ2v) is 7.91. The number of rotatable bonds is 4. The maximum Gasteiger partial charge on any atom is 0.234 e. The lowest BCUT2D eigenvalue weighted by Crippen LogP contribution is -2.43. The number of methoxy groups -OCH3 is 1. The van der Waals surface area contributed by atoms with E-state index in [1.54, 1.807) is 7.11 Å². The molecule has 1 saturated heterocycles. The maximum absolute atomic E-state index is 5.85. The summed E-state index contributed by atoms with van der Waals surface area (Å²) in [6, 6.07) is 8.54. The van der Waals surface area contributed by atoms with E-state index in [-0.39, 0.29) is 10.8 Å². The third-order valence-electron chi connectivity index (χ3n) is 6.19. The van der Waals surface area contributed by atoms with Gasteiger partial charge in [-0.25, -0.2) is 0 Å². The summed E-state index contributed by atoms with van der Waals surface area (Å²) in [4.78, 5) is 4.92. The fraction of sp³-hybridized carbons (Fsp3) is 0.600. The largest absolute Gasteiger partial charge is 0.496 e. The quantitative estimate of drug-likeness (QED) is 0.921. The van der Waals surface area contributed by atoms with Gasteiger partial charge in [-0.3, -0.25) is 0 Å². The van der Waals surface area contributed by atoms with E-state index in [2.05, 4.69) is 30.4 Å². The Balaban J connectivity index is 1.71. The number of hydrogen-bond acceptors (Lipinski definition) is 5. The molecule has 25 heavy (non-hydrogen) atoms. The van der Waals surface area contributed by atoms with Crippen LogP contribution in [0.25, 0.3) is 0 Å². The molecule has 2 aliphatic rings. The van der Waals surface area contributed by atoms with Crippen LogP contribution >= 0.6 is 0 Å². The minimum Gasteiger partial charge on any atom is -0.496 e. The van der Waals surface area contributed by atoms with Crippen LogP contribution < -0.4 is 10.1 Å². The number of benzene rings is 1. The third-order valence-corrected chi connectivity index (χ3v) is 6.19. The minimum atomic E-state index is -0.374. The molecule has 0 amide bonds. The molecule has 2 heterocycles. The Morgan fingerprint density at radius 3 is 2.92 bits per heavy atom. The zero-order valence-corrected chi connectivity index (χ0v) is 15.3. The normalized spacial score (nSPS) is 26.4. The Bertz CT molecular complexity index is 755. The highest BCUT2D eigenvalue weighted by atomic mass is 16.5. The molecule has 1 aliphatic heterocycles. The molecule has 1 aromatic carbocycles. The molecule has 5 nitrogen and oxygen atoms in total. The Kier molecular flexibility index (Phi) is 4.07. The standard InChI is InChI=1S/C20H27N3O2/c1-19(2,14-8-4-5-9-15(14)24-3)17-22-18(25-23-17)20-11-7-6-10-16(20)21-13-12-20/h4-5,8-9,16,21H,6-7,10-13H2,1-3H3/t16-,20+/m0/s1. The Hall–Kier alpha value is -1.88. The van der Waals surface area contributed by atoms with Gasteiger partial charge in [0.25, 0.3) is 0 Å². The Morgan fingerprint density at radius 1 is 1.24 bits per heavy atom. The van der Waals surface area contributed by atoms with Crippen LogP contribution in [0.1, 0.15) is 63.2 Å². The molecule has 1 N–H and O–H groups in total. The summed E-state index contributed by atoms with van der Waals surface area (Å²) in [5.74, 6) is 2.41. The van der Waals surface area contributed by atoms with Crippen molar-refractivity contribution in [3.05, 3.63) is 41.5 Å². The van der Waals surface area contributed by atoms with Crippen LogP contribution in [0.2, 0.25) is 0 Å². The molecule has 1 saturated carbocycles. The van der Waals surface area contributed by atoms with Crippen LogP contribution in [-0.2, 0) is 10.8 Å². The van der Waals surface area contributed by atoms with Crippen molar-refractivity contribution in [2.75, 3.05) is 13.7 Å². The smallest absolute Gasteiger partial charge is 0.234 e. The number of nitrogens with zero attached hydrogens (tertiary/aromatic N) is 2. The van der Waals surface area contributed by atoms with Crippen molar-refractivity contribution in [3.8, 4) is 5.75 Å². The van der Waals surface area contributed by atoms with Gasteiger partial charge in [0, 0.05) is 11.6 Å². The lowest BCUT2D eigenvalue weighted by atomic mass is 9.70. The van der Waals surface area contributed by atoms with Crippen LogP contribution in [0.4, 0.5) is 0 Å². The maximum atomic E-state index is 5.85. The zero-order valence-electron chi connectivity index (χ0n) is 15.3. The second-order valence-electron chi connectivity index (χ2n) is 7.91. The van der Waals surface area contributed by atoms with Crippen LogP contribution in [0, 0.1) is 0 Å². The Labute approximate surface area is 149 Å². The molecule has 2 atom stereocenters. The zero-order chi connectivity index (χ0) is 17.5. The molecule has 0 radical (unpaired) electrons. The van der Waals surface area contributed by atoms with Gasteiger partial charge in [0.05, 0.1) is 17.9 Å². The summed E-state index contributed by atoms with van der Waals surface area (Å²) in [6.07, 6.45) is 5.96. The van der Waals surface area contributed by atoms with Crippen molar-refractivity contribution >= 4 is 0 Å². The highest BCUT2D eigenvalue weighted by molar-refractivity contribution is 5.42. The molecule has 0 bridgehead atoms. The summed E-state index contributed by atoms with van der Waals surface area (Å²) >= 11 is 0. The highest BCUT2D eigenvalue weighted by Gasteiger charge is 2.50. The number of para-hydroxylation sites is 1. The summed E-state index contributed by atoms with van der Waals surface area (Å²) in [5, 5.41) is 8.05. The van der Waals surface area contributed by atoms with Crippen LogP contribution in [0.3, 0.4) is 0 Å². The first-order valence-corrected chi connectivity index (χ1v) is 9.29. The molecule has 0 spiro atoms. The van der Waals surface area contributed by atoms with Crippen LogP contribution in [-0.4, -0.2) is 29.8 Å². The van der Waals surface area contributed by atoms with Gasteiger partial charge in [0.15, 0.2) is 5.82 Å². The van der Waals surface area contributed by atoms with Crippen molar-refractivity contribution in [2.24, 2.45) is 0 Å². The van der Waals surface area contributed by atoms with Gasteiger partial charge in [-0.1, -0.05) is 36.2 Å². The van der Waals surface area contributed by atoms with Crippen molar-refractivity contribution in [2.45, 2.75) is 62.8 Å². The van der Waals surface area contributed by atoms with Crippen molar-refractivity contribution < 1.29 is 9.26 Å². The highest BCUT2D eigenvalue weighted by Crippen LogP contribution is 2.45. The van der Waals surface area contributed by atoms with Crippen LogP contribution in [0.15, 0.2) is 28.8 Å². The molecule has 2 fully saturated rings. The molecule has 0 unspecified atom stereocenters. The summed E-state index contributed by atoms with van der Waals surface area (Å²) in [7, 11) is 1.70. The van der Waals surface area contributed by atoms with E-state index in [0.29, 0.717) is 6.04 Å². The molecule has 4 rings (SSSR count). The van der Waals surface area contributed by atoms with Crippen LogP contribution in [0.5, 0.6) is 5.75 Å². The van der Waals surface area contributed by atoms with Gasteiger partial charge in [-0.15, -0.1) is 0 Å². The molecule has 5 heteroatoms. The fourth-order valence-electron chi connectivity index (χ4n) is 4.63. The first kappa shape index (κ1) is 16.6. The lowest BCUT2D eigenvalue weighted by Gasteiger charge is -2.35. The van der Waals surface area contributed by atoms with Crippen molar-refractivity contribution in [3.63, 3.8) is 0 Å². The molecule has 1 aliphatic carbocycles. The van der Waals surface area contributed by atoms with Gasteiger partial charge >= 0.3 is 0 Å². The van der Waals surface area contributed by atoms with Crippen molar-refractivity contribution in [1.82, 2.24) is 15.5 Å². The van der Waals surface area contributed by atoms with Gasteiger partial charge in [0.1, 0.15) is 5.75 Å². The summed E-state index contributed by atoms with van der Waals surface area (Å²) in [5.41, 5.74) is 0.730. The predicted molar refractivity (Wildman–Crippen MR) is 96.0 cm³/mol. The number of hydrogen-bond donors (Lipinski definition) is 1. The molecular weight excluding hydrogens is 314 g/mol. The monoisotopic (exact) mass is 341 g/mol. The fourth-order valence-corrected chi connectivity index (χ4v) is 4.63. The number of fused-ring (bicyclic) bond motifs is 1. The molecular formula is C20H27N3O2. The molecule has 1 aromatic heterocycles. The first-order valence-electron chi connectivity index (χ1n) is 9.29. The van der Waals surface area contributed by atoms with E-state index in [9.17, 15) is 0 Å². The summed E-state index contributed by atoms with van der Waals surface area (Å²) in [6.45, 7) is 5.29. The van der Waals surface area contributed by atoms with Gasteiger partial charge in [-0.05, 0) is 45.7 Å². The third kappa shape index (κ3) is 2.56. The number of aromatic nitrogens is 2. The minimum absolute atomic E-state index is 0.0281. The average molecular weight is 341 g/mol. The molecule has 134 valence electrons. The average Bonchev–Trinajstić information content (AvgIpc) is 3.29. The first-order chi connectivity index (χ1) is 12.1. The van der Waals surface area contributed by atoms with Gasteiger partial charge < -0.3 is 14.6 Å². The van der Waals surface area contributed by atoms with E-state index >= 15 is 0 Å². The van der Waals surface area contributed by atoms with E-state index < -0.39 is 0 Å². The second kappa shape index (κ2) is 6.13. The number of ether oxygens (including phenoxy) is 1. The van der Waals surface area contributed by atoms with E-state index in [1.807, 2.05) is 18.2 Å².